The first kappa shape index (κ1) is 13.6. The summed E-state index contributed by atoms with van der Waals surface area (Å²) in [7, 11) is 2.07. The van der Waals surface area contributed by atoms with Crippen LogP contribution >= 0.6 is 0 Å². The molecule has 5 nitrogen and oxygen atoms in total. The zero-order chi connectivity index (χ0) is 14.3. The third-order valence-corrected chi connectivity index (χ3v) is 4.98. The maximum atomic E-state index is 12.3. The van der Waals surface area contributed by atoms with Crippen LogP contribution in [-0.4, -0.2) is 48.1 Å². The summed E-state index contributed by atoms with van der Waals surface area (Å²) in [6.45, 7) is 1.45. The maximum absolute atomic E-state index is 12.3. The van der Waals surface area contributed by atoms with E-state index in [1.807, 2.05) is 12.2 Å². The second-order valence-electron chi connectivity index (χ2n) is 6.34. The first-order valence-electron chi connectivity index (χ1n) is 7.47. The molecule has 0 aromatic rings. The number of carboxylic acid groups (broad SMARTS) is 1. The molecule has 2 N–H and O–H groups in total. The van der Waals surface area contributed by atoms with Gasteiger partial charge in [-0.1, -0.05) is 12.2 Å². The van der Waals surface area contributed by atoms with Crippen molar-refractivity contribution in [3.63, 3.8) is 0 Å². The van der Waals surface area contributed by atoms with E-state index in [1.54, 1.807) is 0 Å². The number of nitrogens with zero attached hydrogens (tertiary/aromatic N) is 1. The lowest BCUT2D eigenvalue weighted by atomic mass is 9.82. The lowest BCUT2D eigenvalue weighted by Gasteiger charge is -2.24. The molecule has 5 heteroatoms. The molecule has 4 unspecified atom stereocenters. The van der Waals surface area contributed by atoms with Crippen LogP contribution in [0, 0.1) is 23.7 Å². The van der Waals surface area contributed by atoms with Gasteiger partial charge >= 0.3 is 5.97 Å². The smallest absolute Gasteiger partial charge is 0.307 e. The van der Waals surface area contributed by atoms with Gasteiger partial charge in [-0.05, 0) is 38.1 Å². The summed E-state index contributed by atoms with van der Waals surface area (Å²) in [5, 5.41) is 12.3. The number of carbonyl (C=O) groups is 2. The summed E-state index contributed by atoms with van der Waals surface area (Å²) < 4.78 is 0. The van der Waals surface area contributed by atoms with Crippen LogP contribution in [-0.2, 0) is 9.59 Å². The molecule has 2 bridgehead atoms. The number of aliphatic carboxylic acids is 1. The van der Waals surface area contributed by atoms with E-state index in [0.29, 0.717) is 12.6 Å². The lowest BCUT2D eigenvalue weighted by Crippen LogP contribution is -2.42. The molecule has 1 amide bonds. The van der Waals surface area contributed by atoms with Gasteiger partial charge in [0.2, 0.25) is 5.91 Å². The van der Waals surface area contributed by atoms with Gasteiger partial charge < -0.3 is 15.3 Å². The van der Waals surface area contributed by atoms with E-state index in [4.69, 9.17) is 0 Å². The SMILES string of the molecule is CN(CCNC(=O)C1C2C=CC(C2)C1C(=O)O)C1CC1. The van der Waals surface area contributed by atoms with Crippen molar-refractivity contribution in [3.8, 4) is 0 Å². The van der Waals surface area contributed by atoms with Gasteiger partial charge in [-0.3, -0.25) is 9.59 Å². The maximum Gasteiger partial charge on any atom is 0.307 e. The Hall–Kier alpha value is -1.36. The van der Waals surface area contributed by atoms with E-state index in [0.717, 1.165) is 13.0 Å². The summed E-state index contributed by atoms with van der Waals surface area (Å²) >= 11 is 0. The highest BCUT2D eigenvalue weighted by atomic mass is 16.4. The Morgan fingerprint density at radius 3 is 2.50 bits per heavy atom. The average Bonchev–Trinajstić information content (AvgIpc) is 3.07. The molecule has 110 valence electrons. The highest BCUT2D eigenvalue weighted by Crippen LogP contribution is 2.48. The number of carbonyl (C=O) groups excluding carboxylic acids is 1. The molecule has 0 radical (unpaired) electrons. The summed E-state index contributed by atoms with van der Waals surface area (Å²) in [6, 6.07) is 0.684. The quantitative estimate of drug-likeness (QED) is 0.702. The molecule has 0 aromatic carbocycles. The fourth-order valence-corrected chi connectivity index (χ4v) is 3.69. The van der Waals surface area contributed by atoms with Crippen molar-refractivity contribution < 1.29 is 14.7 Å². The van der Waals surface area contributed by atoms with Gasteiger partial charge in [0, 0.05) is 19.1 Å². The molecular weight excluding hydrogens is 256 g/mol. The Bertz CT molecular complexity index is 444. The fraction of sp³-hybridized carbons (Fsp3) is 0.733. The van der Waals surface area contributed by atoms with Gasteiger partial charge in [0.05, 0.1) is 11.8 Å². The van der Waals surface area contributed by atoms with Crippen LogP contribution in [0.25, 0.3) is 0 Å². The predicted octanol–water partition coefficient (Wildman–Crippen LogP) is 0.720. The minimum absolute atomic E-state index is 0.0439. The number of hydrogen-bond donors (Lipinski definition) is 2. The standard InChI is InChI=1S/C15H22N2O3/c1-17(11-4-5-11)7-6-16-14(18)12-9-2-3-10(8-9)13(12)15(19)20/h2-3,9-13H,4-8H2,1H3,(H,16,18)(H,19,20). The molecule has 2 saturated carbocycles. The van der Waals surface area contributed by atoms with Crippen LogP contribution in [0.2, 0.25) is 0 Å². The molecule has 4 atom stereocenters. The van der Waals surface area contributed by atoms with Crippen LogP contribution in [0.4, 0.5) is 0 Å². The normalized spacial score (nSPS) is 34.7. The van der Waals surface area contributed by atoms with E-state index in [1.165, 1.54) is 12.8 Å². The lowest BCUT2D eigenvalue weighted by molar-refractivity contribution is -0.147. The Morgan fingerprint density at radius 2 is 1.90 bits per heavy atom. The summed E-state index contributed by atoms with van der Waals surface area (Å²) in [5.41, 5.74) is 0. The van der Waals surface area contributed by atoms with Gasteiger partial charge in [-0.25, -0.2) is 0 Å². The second kappa shape index (κ2) is 5.20. The molecule has 3 aliphatic carbocycles. The molecule has 3 rings (SSSR count). The van der Waals surface area contributed by atoms with E-state index in [2.05, 4.69) is 17.3 Å². The van der Waals surface area contributed by atoms with Crippen molar-refractivity contribution in [2.75, 3.05) is 20.1 Å². The van der Waals surface area contributed by atoms with Gasteiger partial charge in [-0.15, -0.1) is 0 Å². The third-order valence-electron chi connectivity index (χ3n) is 4.98. The number of allylic oxidation sites excluding steroid dienone is 2. The third kappa shape index (κ3) is 2.46. The summed E-state index contributed by atoms with van der Waals surface area (Å²) in [5.74, 6) is -1.68. The Kier molecular flexibility index (Phi) is 3.54. The van der Waals surface area contributed by atoms with Gasteiger partial charge in [-0.2, -0.15) is 0 Å². The molecule has 0 heterocycles. The molecule has 2 fully saturated rings. The summed E-state index contributed by atoms with van der Waals surface area (Å²) in [4.78, 5) is 25.9. The average molecular weight is 278 g/mol. The summed E-state index contributed by atoms with van der Waals surface area (Å²) in [6.07, 6.45) is 7.31. The number of likely N-dealkylation sites (N-methyl/N-ethyl adjacent to an activating group) is 1. The molecule has 0 aromatic heterocycles. The molecular formula is C15H22N2O3. The van der Waals surface area contributed by atoms with Crippen LogP contribution in [0.15, 0.2) is 12.2 Å². The number of carboxylic acids is 1. The molecule has 0 spiro atoms. The highest BCUT2D eigenvalue weighted by Gasteiger charge is 2.51. The van der Waals surface area contributed by atoms with Crippen LogP contribution in [0.1, 0.15) is 19.3 Å². The van der Waals surface area contributed by atoms with Crippen molar-refractivity contribution in [1.82, 2.24) is 10.2 Å². The minimum atomic E-state index is -0.836. The number of amides is 1. The predicted molar refractivity (Wildman–Crippen MR) is 74.0 cm³/mol. The largest absolute Gasteiger partial charge is 0.481 e. The fourth-order valence-electron chi connectivity index (χ4n) is 3.69. The minimum Gasteiger partial charge on any atom is -0.481 e. The zero-order valence-electron chi connectivity index (χ0n) is 11.8. The van der Waals surface area contributed by atoms with Crippen molar-refractivity contribution in [2.24, 2.45) is 23.7 Å². The van der Waals surface area contributed by atoms with Crippen molar-refractivity contribution in [2.45, 2.75) is 25.3 Å². The van der Waals surface area contributed by atoms with E-state index in [9.17, 15) is 14.7 Å². The zero-order valence-corrected chi connectivity index (χ0v) is 11.8. The topological polar surface area (TPSA) is 69.6 Å². The monoisotopic (exact) mass is 278 g/mol. The highest BCUT2D eigenvalue weighted by molar-refractivity contribution is 5.86. The van der Waals surface area contributed by atoms with E-state index >= 15 is 0 Å². The number of nitrogens with one attached hydrogen (secondary N) is 1. The van der Waals surface area contributed by atoms with Crippen LogP contribution in [0.3, 0.4) is 0 Å². The number of fused-ring (bicyclic) bond motifs is 2. The first-order chi connectivity index (χ1) is 9.58. The second-order valence-corrected chi connectivity index (χ2v) is 6.34. The molecule has 20 heavy (non-hydrogen) atoms. The van der Waals surface area contributed by atoms with Crippen LogP contribution in [0.5, 0.6) is 0 Å². The van der Waals surface area contributed by atoms with Crippen molar-refractivity contribution in [1.29, 1.82) is 0 Å². The molecule has 0 aliphatic heterocycles. The van der Waals surface area contributed by atoms with Crippen LogP contribution < -0.4 is 5.32 Å². The Labute approximate surface area is 119 Å². The van der Waals surface area contributed by atoms with Crippen molar-refractivity contribution >= 4 is 11.9 Å². The number of hydrogen-bond acceptors (Lipinski definition) is 3. The Balaban J connectivity index is 1.53. The first-order valence-corrected chi connectivity index (χ1v) is 7.47. The van der Waals surface area contributed by atoms with E-state index in [-0.39, 0.29) is 23.7 Å². The molecule has 3 aliphatic rings. The van der Waals surface area contributed by atoms with Crippen molar-refractivity contribution in [3.05, 3.63) is 12.2 Å². The van der Waals surface area contributed by atoms with Gasteiger partial charge in [0.25, 0.3) is 0 Å². The van der Waals surface area contributed by atoms with E-state index < -0.39 is 11.9 Å². The Morgan fingerprint density at radius 1 is 1.25 bits per heavy atom. The van der Waals surface area contributed by atoms with Gasteiger partial charge in [0.1, 0.15) is 0 Å². The number of rotatable bonds is 6. The van der Waals surface area contributed by atoms with Gasteiger partial charge in [0.15, 0.2) is 0 Å². The molecule has 0 saturated heterocycles.